The number of hydrogen-bond donors (Lipinski definition) is 1. The highest BCUT2D eigenvalue weighted by atomic mass is 16.5. The summed E-state index contributed by atoms with van der Waals surface area (Å²) in [6, 6.07) is 22.3. The van der Waals surface area contributed by atoms with Crippen molar-refractivity contribution in [2.24, 2.45) is 11.8 Å². The Morgan fingerprint density at radius 2 is 1.32 bits per heavy atom. The molecular weight excluding hydrogens is 504 g/mol. The van der Waals surface area contributed by atoms with Crippen LogP contribution >= 0.6 is 0 Å². The lowest BCUT2D eigenvalue weighted by Crippen LogP contribution is -2.47. The van der Waals surface area contributed by atoms with Crippen molar-refractivity contribution >= 4 is 29.4 Å². The Morgan fingerprint density at radius 3 is 1.80 bits per heavy atom. The van der Waals surface area contributed by atoms with Gasteiger partial charge in [-0.3, -0.25) is 19.3 Å². The number of esters is 1. The monoisotopic (exact) mass is 536 g/mol. The second-order valence-electron chi connectivity index (χ2n) is 11.0. The van der Waals surface area contributed by atoms with E-state index in [2.05, 4.69) is 29.6 Å². The lowest BCUT2D eigenvalue weighted by molar-refractivity contribution is -0.160. The Morgan fingerprint density at radius 1 is 0.825 bits per heavy atom. The molecule has 2 bridgehead atoms. The molecule has 7 rings (SSSR count). The van der Waals surface area contributed by atoms with E-state index in [1.54, 1.807) is 12.1 Å². The average Bonchev–Trinajstić information content (AvgIpc) is 3.23. The summed E-state index contributed by atoms with van der Waals surface area (Å²) in [6.07, 6.45) is 1.71. The Balaban J connectivity index is 1.26. The number of unbranched alkanes of at least 4 members (excludes halogenated alkanes) is 1. The molecule has 1 fully saturated rings. The lowest BCUT2D eigenvalue weighted by atomic mass is 9.55. The minimum Gasteiger partial charge on any atom is -0.454 e. The third-order valence-corrected chi connectivity index (χ3v) is 8.58. The van der Waals surface area contributed by atoms with Crippen LogP contribution < -0.4 is 5.32 Å². The van der Waals surface area contributed by atoms with Gasteiger partial charge in [0.1, 0.15) is 6.04 Å². The molecule has 0 unspecified atom stereocenters. The van der Waals surface area contributed by atoms with Crippen molar-refractivity contribution in [2.75, 3.05) is 11.9 Å². The first-order chi connectivity index (χ1) is 19.4. The van der Waals surface area contributed by atoms with Gasteiger partial charge in [0, 0.05) is 17.5 Å². The zero-order valence-electron chi connectivity index (χ0n) is 22.6. The fraction of sp³-hybridized carbons (Fsp3) is 0.333. The van der Waals surface area contributed by atoms with E-state index in [9.17, 15) is 19.2 Å². The predicted octanol–water partition coefficient (Wildman–Crippen LogP) is 4.93. The van der Waals surface area contributed by atoms with E-state index in [4.69, 9.17) is 4.74 Å². The molecule has 4 aliphatic rings. The Hall–Kier alpha value is -4.26. The summed E-state index contributed by atoms with van der Waals surface area (Å²) in [5.41, 5.74) is 5.97. The first-order valence-corrected chi connectivity index (χ1v) is 14.0. The van der Waals surface area contributed by atoms with Crippen LogP contribution in [0.1, 0.15) is 65.8 Å². The van der Waals surface area contributed by atoms with E-state index in [0.717, 1.165) is 34.2 Å². The van der Waals surface area contributed by atoms with Gasteiger partial charge in [-0.1, -0.05) is 86.0 Å². The summed E-state index contributed by atoms with van der Waals surface area (Å²) in [6.45, 7) is 3.43. The van der Waals surface area contributed by atoms with Crippen LogP contribution in [0.25, 0.3) is 0 Å². The number of carbonyl (C=O) groups excluding carboxylic acids is 4. The molecule has 204 valence electrons. The maximum atomic E-state index is 14.1. The van der Waals surface area contributed by atoms with Crippen molar-refractivity contribution in [3.63, 3.8) is 0 Å². The van der Waals surface area contributed by atoms with Gasteiger partial charge in [-0.05, 0) is 47.7 Å². The van der Waals surface area contributed by atoms with Crippen molar-refractivity contribution in [1.82, 2.24) is 4.90 Å². The van der Waals surface area contributed by atoms with Crippen LogP contribution in [-0.4, -0.2) is 41.2 Å². The number of rotatable bonds is 8. The number of amides is 3. The van der Waals surface area contributed by atoms with Crippen LogP contribution in [-0.2, 0) is 23.9 Å². The highest BCUT2D eigenvalue weighted by Gasteiger charge is 2.63. The molecule has 40 heavy (non-hydrogen) atoms. The number of nitrogens with one attached hydrogen (secondary N) is 1. The highest BCUT2D eigenvalue weighted by molar-refractivity contribution is 6.10. The van der Waals surface area contributed by atoms with E-state index in [0.29, 0.717) is 18.5 Å². The number of nitrogens with zero attached hydrogens (tertiary/aromatic N) is 1. The molecule has 0 spiro atoms. The molecule has 0 saturated carbocycles. The van der Waals surface area contributed by atoms with Gasteiger partial charge in [0.25, 0.3) is 5.91 Å². The number of carbonyl (C=O) groups is 4. The van der Waals surface area contributed by atoms with Gasteiger partial charge in [-0.15, -0.1) is 0 Å². The topological polar surface area (TPSA) is 92.8 Å². The van der Waals surface area contributed by atoms with Crippen molar-refractivity contribution < 1.29 is 23.9 Å². The summed E-state index contributed by atoms with van der Waals surface area (Å²) in [4.78, 5) is 55.3. The molecule has 3 aliphatic carbocycles. The summed E-state index contributed by atoms with van der Waals surface area (Å²) >= 11 is 0. The Bertz CT molecular complexity index is 1380. The number of ether oxygens (including phenoxy) is 1. The van der Waals surface area contributed by atoms with Crippen molar-refractivity contribution in [1.29, 1.82) is 0 Å². The van der Waals surface area contributed by atoms with Gasteiger partial charge in [0.15, 0.2) is 6.61 Å². The van der Waals surface area contributed by atoms with Gasteiger partial charge in [0.05, 0.1) is 11.8 Å². The van der Waals surface area contributed by atoms with Gasteiger partial charge >= 0.3 is 5.97 Å². The zero-order valence-corrected chi connectivity index (χ0v) is 22.6. The molecule has 1 aliphatic heterocycles. The Labute approximate surface area is 233 Å². The first kappa shape index (κ1) is 26.0. The first-order valence-electron chi connectivity index (χ1n) is 14.0. The zero-order chi connectivity index (χ0) is 28.0. The minimum absolute atomic E-state index is 0.244. The van der Waals surface area contributed by atoms with Crippen LogP contribution in [0.2, 0.25) is 0 Å². The minimum atomic E-state index is -1.07. The second-order valence-corrected chi connectivity index (χ2v) is 11.0. The SMILES string of the molecule is CCCC[C@H](C(=O)OCC(=O)Nc1ccc(C)cc1)N1C(=O)[C@H]2C3c4ccccc4C(c4ccccc43)[C@@H]2C1=O. The lowest BCUT2D eigenvalue weighted by Gasteiger charge is -2.45. The van der Waals surface area contributed by atoms with E-state index in [1.807, 2.05) is 50.2 Å². The largest absolute Gasteiger partial charge is 0.454 e. The van der Waals surface area contributed by atoms with E-state index in [1.165, 1.54) is 4.90 Å². The summed E-state index contributed by atoms with van der Waals surface area (Å²) in [5, 5.41) is 2.71. The number of benzene rings is 3. The highest BCUT2D eigenvalue weighted by Crippen LogP contribution is 2.61. The molecule has 7 nitrogen and oxygen atoms in total. The number of anilines is 1. The van der Waals surface area contributed by atoms with Crippen molar-refractivity contribution in [3.05, 3.63) is 101 Å². The van der Waals surface area contributed by atoms with E-state index in [-0.39, 0.29) is 23.7 Å². The van der Waals surface area contributed by atoms with Gasteiger partial charge in [-0.25, -0.2) is 4.79 Å². The fourth-order valence-corrected chi connectivity index (χ4v) is 6.82. The number of hydrogen-bond acceptors (Lipinski definition) is 5. The fourth-order valence-electron chi connectivity index (χ4n) is 6.82. The molecule has 7 heteroatoms. The van der Waals surface area contributed by atoms with Crippen LogP contribution in [0.5, 0.6) is 0 Å². The maximum Gasteiger partial charge on any atom is 0.329 e. The number of imide groups is 1. The standard InChI is InChI=1S/C33H32N2O5/c1-3-4-13-25(33(39)40-18-26(36)34-20-16-14-19(2)15-17-20)35-31(37)29-27-21-9-5-6-10-22(21)28(30(29)32(35)38)24-12-8-7-11-23(24)27/h5-12,14-17,25,27-30H,3-4,13,18H2,1-2H3,(H,34,36)/t25-,27?,28?,29+,30+/m1/s1. The van der Waals surface area contributed by atoms with E-state index >= 15 is 0 Å². The second kappa shape index (κ2) is 10.4. The predicted molar refractivity (Wildman–Crippen MR) is 149 cm³/mol. The molecular formula is C33H32N2O5. The molecule has 1 saturated heterocycles. The average molecular weight is 537 g/mol. The molecule has 3 atom stereocenters. The molecule has 1 heterocycles. The Kier molecular flexibility index (Phi) is 6.74. The molecule has 1 N–H and O–H groups in total. The van der Waals surface area contributed by atoms with Crippen LogP contribution in [0.15, 0.2) is 72.8 Å². The third kappa shape index (κ3) is 4.21. The smallest absolute Gasteiger partial charge is 0.329 e. The summed E-state index contributed by atoms with van der Waals surface area (Å²) < 4.78 is 5.42. The number of likely N-dealkylation sites (tertiary alicyclic amines) is 1. The van der Waals surface area contributed by atoms with Crippen molar-refractivity contribution in [3.8, 4) is 0 Å². The van der Waals surface area contributed by atoms with E-state index < -0.39 is 36.4 Å². The molecule has 3 aromatic rings. The molecule has 3 amide bonds. The van der Waals surface area contributed by atoms with Crippen LogP contribution in [0.4, 0.5) is 5.69 Å². The third-order valence-electron chi connectivity index (χ3n) is 8.58. The van der Waals surface area contributed by atoms with Gasteiger partial charge in [0.2, 0.25) is 11.8 Å². The molecule has 0 radical (unpaired) electrons. The van der Waals surface area contributed by atoms with Gasteiger partial charge in [-0.2, -0.15) is 0 Å². The quantitative estimate of drug-likeness (QED) is 0.326. The van der Waals surface area contributed by atoms with Crippen molar-refractivity contribution in [2.45, 2.75) is 51.0 Å². The summed E-state index contributed by atoms with van der Waals surface area (Å²) in [7, 11) is 0. The van der Waals surface area contributed by atoms with Gasteiger partial charge < -0.3 is 10.1 Å². The number of aryl methyl sites for hydroxylation is 1. The van der Waals surface area contributed by atoms with Crippen LogP contribution in [0, 0.1) is 18.8 Å². The normalized spacial score (nSPS) is 22.8. The maximum absolute atomic E-state index is 14.1. The summed E-state index contributed by atoms with van der Waals surface area (Å²) in [5.74, 6) is -3.47. The van der Waals surface area contributed by atoms with Crippen LogP contribution in [0.3, 0.4) is 0 Å². The molecule has 3 aromatic carbocycles. The molecule has 0 aromatic heterocycles.